The van der Waals surface area contributed by atoms with Gasteiger partial charge in [-0.05, 0) is 25.9 Å². The molecule has 2 N–H and O–H groups in total. The molecule has 0 unspecified atom stereocenters. The largest absolute Gasteiger partial charge is 0.395 e. The van der Waals surface area contributed by atoms with Gasteiger partial charge in [0.15, 0.2) is 0 Å². The van der Waals surface area contributed by atoms with Crippen LogP contribution in [-0.4, -0.2) is 48.7 Å². The fourth-order valence-corrected chi connectivity index (χ4v) is 1.90. The number of hydrogen-bond acceptors (Lipinski definition) is 3. The van der Waals surface area contributed by atoms with Crippen LogP contribution in [0.2, 0.25) is 0 Å². The molecule has 0 radical (unpaired) electrons. The number of amides is 1. The molecule has 0 aromatic heterocycles. The zero-order valence-electron chi connectivity index (χ0n) is 9.11. The summed E-state index contributed by atoms with van der Waals surface area (Å²) in [6.07, 6.45) is 3.50. The van der Waals surface area contributed by atoms with Crippen LogP contribution >= 0.6 is 0 Å². The third-order valence-corrected chi connectivity index (χ3v) is 2.72. The molecule has 4 nitrogen and oxygen atoms in total. The van der Waals surface area contributed by atoms with Gasteiger partial charge < -0.3 is 15.3 Å². The molecule has 4 heteroatoms. The van der Waals surface area contributed by atoms with Crippen molar-refractivity contribution in [3.8, 4) is 0 Å². The average molecular weight is 212 g/mol. The van der Waals surface area contributed by atoms with Crippen molar-refractivity contribution >= 4 is 5.91 Å². The molecule has 0 bridgehead atoms. The van der Waals surface area contributed by atoms with E-state index in [0.29, 0.717) is 13.1 Å². The molecule has 1 amide bonds. The molecule has 0 atom stereocenters. The Morgan fingerprint density at radius 2 is 2.20 bits per heavy atom. The minimum atomic E-state index is 0.0184. The van der Waals surface area contributed by atoms with Crippen LogP contribution in [0.3, 0.4) is 0 Å². The highest BCUT2D eigenvalue weighted by atomic mass is 16.3. The molecule has 1 saturated heterocycles. The fraction of sp³-hybridized carbons (Fsp3) is 0.727. The Balaban J connectivity index is 2.48. The topological polar surface area (TPSA) is 52.6 Å². The number of aliphatic hydroxyl groups excluding tert-OH is 1. The number of nitrogens with one attached hydrogen (secondary N) is 1. The van der Waals surface area contributed by atoms with Gasteiger partial charge in [-0.1, -0.05) is 6.08 Å². The highest BCUT2D eigenvalue weighted by Crippen LogP contribution is 2.14. The van der Waals surface area contributed by atoms with Gasteiger partial charge in [-0.2, -0.15) is 0 Å². The predicted octanol–water partition coefficient (Wildman–Crippen LogP) is -0.00710. The number of hydrogen-bond donors (Lipinski definition) is 2. The lowest BCUT2D eigenvalue weighted by atomic mass is 9.96. The molecule has 0 aliphatic carbocycles. The van der Waals surface area contributed by atoms with Crippen molar-refractivity contribution in [2.45, 2.75) is 12.8 Å². The van der Waals surface area contributed by atoms with E-state index in [9.17, 15) is 4.79 Å². The Morgan fingerprint density at radius 1 is 1.53 bits per heavy atom. The van der Waals surface area contributed by atoms with Crippen LogP contribution in [0.1, 0.15) is 12.8 Å². The molecule has 1 heterocycles. The summed E-state index contributed by atoms with van der Waals surface area (Å²) in [5.41, 5.74) is 0. The zero-order valence-corrected chi connectivity index (χ0v) is 9.11. The van der Waals surface area contributed by atoms with Crippen molar-refractivity contribution in [2.24, 2.45) is 5.92 Å². The Kier molecular flexibility index (Phi) is 5.36. The highest BCUT2D eigenvalue weighted by molar-refractivity contribution is 5.79. The number of carbonyl (C=O) groups is 1. The lowest BCUT2D eigenvalue weighted by molar-refractivity contribution is -0.136. The summed E-state index contributed by atoms with van der Waals surface area (Å²) < 4.78 is 0. The van der Waals surface area contributed by atoms with Gasteiger partial charge in [0.25, 0.3) is 0 Å². The summed E-state index contributed by atoms with van der Waals surface area (Å²) in [6.45, 7) is 6.41. The van der Waals surface area contributed by atoms with E-state index in [2.05, 4.69) is 11.9 Å². The van der Waals surface area contributed by atoms with Crippen LogP contribution in [0.5, 0.6) is 0 Å². The standard InChI is InChI=1S/C11H20N2O2/c1-2-7-13(8-9-14)11(15)10-3-5-12-6-4-10/h2,10,12,14H,1,3-9H2. The Morgan fingerprint density at radius 3 is 2.73 bits per heavy atom. The fourth-order valence-electron chi connectivity index (χ4n) is 1.90. The van der Waals surface area contributed by atoms with E-state index in [1.165, 1.54) is 0 Å². The SMILES string of the molecule is C=CCN(CCO)C(=O)C1CCNCC1. The summed E-state index contributed by atoms with van der Waals surface area (Å²) in [5, 5.41) is 12.1. The van der Waals surface area contributed by atoms with Gasteiger partial charge in [-0.25, -0.2) is 0 Å². The summed E-state index contributed by atoms with van der Waals surface area (Å²) in [4.78, 5) is 13.7. The van der Waals surface area contributed by atoms with Crippen LogP contribution in [-0.2, 0) is 4.79 Å². The van der Waals surface area contributed by atoms with Crippen molar-refractivity contribution in [3.05, 3.63) is 12.7 Å². The van der Waals surface area contributed by atoms with Crippen LogP contribution in [0, 0.1) is 5.92 Å². The van der Waals surface area contributed by atoms with E-state index in [4.69, 9.17) is 5.11 Å². The molecule has 0 spiro atoms. The lowest BCUT2D eigenvalue weighted by Crippen LogP contribution is -2.42. The van der Waals surface area contributed by atoms with Crippen molar-refractivity contribution < 1.29 is 9.90 Å². The molecule has 0 saturated carbocycles. The monoisotopic (exact) mass is 212 g/mol. The van der Waals surface area contributed by atoms with Crippen molar-refractivity contribution in [1.82, 2.24) is 10.2 Å². The maximum Gasteiger partial charge on any atom is 0.226 e. The Bertz CT molecular complexity index is 213. The molecule has 1 aliphatic heterocycles. The summed E-state index contributed by atoms with van der Waals surface area (Å²) in [7, 11) is 0. The number of aliphatic hydroxyl groups is 1. The molecule has 1 fully saturated rings. The highest BCUT2D eigenvalue weighted by Gasteiger charge is 2.24. The third-order valence-electron chi connectivity index (χ3n) is 2.72. The van der Waals surface area contributed by atoms with Gasteiger partial charge >= 0.3 is 0 Å². The van der Waals surface area contributed by atoms with Gasteiger partial charge in [-0.15, -0.1) is 6.58 Å². The summed E-state index contributed by atoms with van der Waals surface area (Å²) in [5.74, 6) is 0.281. The van der Waals surface area contributed by atoms with Crippen LogP contribution < -0.4 is 5.32 Å². The molecule has 0 aromatic rings. The van der Waals surface area contributed by atoms with Crippen molar-refractivity contribution in [3.63, 3.8) is 0 Å². The van der Waals surface area contributed by atoms with Gasteiger partial charge in [-0.3, -0.25) is 4.79 Å². The quantitative estimate of drug-likeness (QED) is 0.630. The smallest absolute Gasteiger partial charge is 0.226 e. The number of rotatable bonds is 5. The second-order valence-corrected chi connectivity index (χ2v) is 3.82. The second-order valence-electron chi connectivity index (χ2n) is 3.82. The van der Waals surface area contributed by atoms with Crippen LogP contribution in [0.25, 0.3) is 0 Å². The van der Waals surface area contributed by atoms with Crippen molar-refractivity contribution in [2.75, 3.05) is 32.8 Å². The van der Waals surface area contributed by atoms with Crippen LogP contribution in [0.15, 0.2) is 12.7 Å². The zero-order chi connectivity index (χ0) is 11.1. The Labute approximate surface area is 91.0 Å². The van der Waals surface area contributed by atoms with E-state index < -0.39 is 0 Å². The number of nitrogens with zero attached hydrogens (tertiary/aromatic N) is 1. The van der Waals surface area contributed by atoms with Gasteiger partial charge in [0, 0.05) is 19.0 Å². The van der Waals surface area contributed by atoms with E-state index in [1.54, 1.807) is 11.0 Å². The first-order valence-corrected chi connectivity index (χ1v) is 5.51. The molecular formula is C11H20N2O2. The Hall–Kier alpha value is -0.870. The van der Waals surface area contributed by atoms with E-state index in [1.807, 2.05) is 0 Å². The van der Waals surface area contributed by atoms with Gasteiger partial charge in [0.2, 0.25) is 5.91 Å². The predicted molar refractivity (Wildman–Crippen MR) is 59.5 cm³/mol. The maximum absolute atomic E-state index is 12.0. The first-order chi connectivity index (χ1) is 7.29. The van der Waals surface area contributed by atoms with E-state index in [-0.39, 0.29) is 18.4 Å². The first kappa shape index (κ1) is 12.2. The number of carbonyl (C=O) groups excluding carboxylic acids is 1. The van der Waals surface area contributed by atoms with E-state index in [0.717, 1.165) is 25.9 Å². The van der Waals surface area contributed by atoms with Crippen molar-refractivity contribution in [1.29, 1.82) is 0 Å². The molecule has 1 aliphatic rings. The third kappa shape index (κ3) is 3.64. The molecule has 0 aromatic carbocycles. The molecule has 86 valence electrons. The molecule has 15 heavy (non-hydrogen) atoms. The minimum absolute atomic E-state index is 0.0184. The number of piperidine rings is 1. The minimum Gasteiger partial charge on any atom is -0.395 e. The van der Waals surface area contributed by atoms with Gasteiger partial charge in [0.05, 0.1) is 6.61 Å². The van der Waals surface area contributed by atoms with Crippen LogP contribution in [0.4, 0.5) is 0 Å². The normalized spacial score (nSPS) is 17.4. The summed E-state index contributed by atoms with van der Waals surface area (Å²) in [6, 6.07) is 0. The van der Waals surface area contributed by atoms with E-state index >= 15 is 0 Å². The molecular weight excluding hydrogens is 192 g/mol. The average Bonchev–Trinajstić information content (AvgIpc) is 2.29. The second kappa shape index (κ2) is 6.58. The first-order valence-electron chi connectivity index (χ1n) is 5.51. The summed E-state index contributed by atoms with van der Waals surface area (Å²) >= 11 is 0. The lowest BCUT2D eigenvalue weighted by Gasteiger charge is -2.28. The maximum atomic E-state index is 12.0. The van der Waals surface area contributed by atoms with Gasteiger partial charge in [0.1, 0.15) is 0 Å². The molecule has 1 rings (SSSR count).